The van der Waals surface area contributed by atoms with Crippen molar-refractivity contribution < 1.29 is 24.5 Å². The van der Waals surface area contributed by atoms with Crippen molar-refractivity contribution in [1.29, 1.82) is 0 Å². The van der Waals surface area contributed by atoms with Crippen LogP contribution in [-0.4, -0.2) is 45.4 Å². The molecule has 0 bridgehead atoms. The molecule has 4 aromatic rings. The van der Waals surface area contributed by atoms with Gasteiger partial charge in [-0.2, -0.15) is 0 Å². The van der Waals surface area contributed by atoms with Gasteiger partial charge in [0, 0.05) is 11.1 Å². The number of hydrogen-bond acceptors (Lipinski definition) is 6. The monoisotopic (exact) mass is 391 g/mol. The van der Waals surface area contributed by atoms with Crippen molar-refractivity contribution in [3.63, 3.8) is 0 Å². The topological polar surface area (TPSA) is 118 Å². The summed E-state index contributed by atoms with van der Waals surface area (Å²) in [5, 5.41) is 19.5. The number of ether oxygens (including phenoxy) is 2. The molecule has 0 saturated heterocycles. The Morgan fingerprint density at radius 2 is 1.69 bits per heavy atom. The van der Waals surface area contributed by atoms with Crippen LogP contribution in [0.5, 0.6) is 17.2 Å². The number of benzene rings is 2. The molecule has 0 fully saturated rings. The van der Waals surface area contributed by atoms with Gasteiger partial charge in [-0.1, -0.05) is 0 Å². The van der Waals surface area contributed by atoms with E-state index in [2.05, 4.69) is 15.0 Å². The number of aromatic carboxylic acids is 1. The Kier molecular flexibility index (Phi) is 4.52. The fraction of sp³-hybridized carbons (Fsp3) is 0.0952. The molecule has 0 amide bonds. The predicted molar refractivity (Wildman–Crippen MR) is 106 cm³/mol. The first-order valence-electron chi connectivity index (χ1n) is 8.66. The second-order valence-electron chi connectivity index (χ2n) is 6.26. The summed E-state index contributed by atoms with van der Waals surface area (Å²) in [7, 11) is 3.02. The molecule has 0 aliphatic carbocycles. The number of pyridine rings is 1. The maximum absolute atomic E-state index is 11.8. The van der Waals surface area contributed by atoms with Gasteiger partial charge in [-0.05, 0) is 48.5 Å². The number of aromatic amines is 1. The van der Waals surface area contributed by atoms with Crippen LogP contribution in [0, 0.1) is 0 Å². The van der Waals surface area contributed by atoms with Crippen molar-refractivity contribution in [2.24, 2.45) is 0 Å². The zero-order valence-electron chi connectivity index (χ0n) is 15.6. The number of phenolic OH excluding ortho intramolecular Hbond substituents is 1. The number of nitrogens with one attached hydrogen (secondary N) is 1. The maximum atomic E-state index is 11.8. The Labute approximate surface area is 165 Å². The highest BCUT2D eigenvalue weighted by Gasteiger charge is 2.18. The number of aromatic hydroxyl groups is 1. The SMILES string of the molecule is COc1ccc(-c2nc3nc(-c4ccc(O)c(OC)c4)cc(C(=O)O)c3[nH]2)cc1. The van der Waals surface area contributed by atoms with Gasteiger partial charge in [0.05, 0.1) is 31.0 Å². The third-order valence-electron chi connectivity index (χ3n) is 4.53. The highest BCUT2D eigenvalue weighted by atomic mass is 16.5. The molecule has 8 heteroatoms. The van der Waals surface area contributed by atoms with Crippen molar-refractivity contribution in [1.82, 2.24) is 15.0 Å². The normalized spacial score (nSPS) is 10.8. The average molecular weight is 391 g/mol. The van der Waals surface area contributed by atoms with Gasteiger partial charge in [-0.15, -0.1) is 0 Å². The van der Waals surface area contributed by atoms with Crippen LogP contribution in [0.4, 0.5) is 0 Å². The summed E-state index contributed by atoms with van der Waals surface area (Å²) in [6, 6.07) is 13.4. The number of fused-ring (bicyclic) bond motifs is 1. The first-order valence-corrected chi connectivity index (χ1v) is 8.66. The van der Waals surface area contributed by atoms with E-state index >= 15 is 0 Å². The Bertz CT molecular complexity index is 1220. The predicted octanol–water partition coefficient (Wildman–Crippen LogP) is 3.71. The van der Waals surface area contributed by atoms with Gasteiger partial charge in [0.25, 0.3) is 0 Å². The van der Waals surface area contributed by atoms with Crippen molar-refractivity contribution in [2.75, 3.05) is 14.2 Å². The Hall–Kier alpha value is -4.07. The van der Waals surface area contributed by atoms with Crippen molar-refractivity contribution >= 4 is 17.1 Å². The van der Waals surface area contributed by atoms with Gasteiger partial charge < -0.3 is 24.7 Å². The molecule has 2 aromatic heterocycles. The number of nitrogens with zero attached hydrogens (tertiary/aromatic N) is 2. The second kappa shape index (κ2) is 7.16. The number of phenols is 1. The molecule has 29 heavy (non-hydrogen) atoms. The molecule has 0 saturated carbocycles. The minimum absolute atomic E-state index is 0.0163. The Morgan fingerprint density at radius 1 is 0.966 bits per heavy atom. The summed E-state index contributed by atoms with van der Waals surface area (Å²) in [4.78, 5) is 23.9. The number of H-pyrrole nitrogens is 1. The number of carbonyl (C=O) groups is 1. The molecule has 4 rings (SSSR count). The van der Waals surface area contributed by atoms with E-state index in [4.69, 9.17) is 9.47 Å². The lowest BCUT2D eigenvalue weighted by atomic mass is 10.1. The van der Waals surface area contributed by atoms with Crippen molar-refractivity contribution in [3.8, 4) is 39.9 Å². The van der Waals surface area contributed by atoms with Gasteiger partial charge in [-0.3, -0.25) is 0 Å². The summed E-state index contributed by atoms with van der Waals surface area (Å²) in [6.45, 7) is 0. The summed E-state index contributed by atoms with van der Waals surface area (Å²) >= 11 is 0. The highest BCUT2D eigenvalue weighted by molar-refractivity contribution is 6.02. The van der Waals surface area contributed by atoms with Crippen LogP contribution in [0.25, 0.3) is 33.8 Å². The van der Waals surface area contributed by atoms with E-state index in [1.54, 1.807) is 31.4 Å². The minimum Gasteiger partial charge on any atom is -0.504 e. The van der Waals surface area contributed by atoms with Crippen LogP contribution in [0.3, 0.4) is 0 Å². The van der Waals surface area contributed by atoms with Crippen LogP contribution >= 0.6 is 0 Å². The smallest absolute Gasteiger partial charge is 0.338 e. The van der Waals surface area contributed by atoms with E-state index in [0.717, 1.165) is 5.56 Å². The molecule has 0 spiro atoms. The lowest BCUT2D eigenvalue weighted by Gasteiger charge is -2.07. The molecule has 2 heterocycles. The number of aromatic nitrogens is 3. The molecule has 0 aliphatic heterocycles. The summed E-state index contributed by atoms with van der Waals surface area (Å²) in [5.74, 6) is 0.352. The van der Waals surface area contributed by atoms with E-state index in [1.165, 1.54) is 19.2 Å². The van der Waals surface area contributed by atoms with Crippen molar-refractivity contribution in [3.05, 3.63) is 54.1 Å². The molecule has 0 aliphatic rings. The summed E-state index contributed by atoms with van der Waals surface area (Å²) < 4.78 is 10.3. The lowest BCUT2D eigenvalue weighted by Crippen LogP contribution is -2.00. The molecule has 0 atom stereocenters. The van der Waals surface area contributed by atoms with Crippen LogP contribution in [-0.2, 0) is 0 Å². The van der Waals surface area contributed by atoms with E-state index in [0.29, 0.717) is 28.3 Å². The van der Waals surface area contributed by atoms with Crippen LogP contribution in [0.15, 0.2) is 48.5 Å². The fourth-order valence-electron chi connectivity index (χ4n) is 3.03. The highest BCUT2D eigenvalue weighted by Crippen LogP contribution is 2.32. The van der Waals surface area contributed by atoms with E-state index in [-0.39, 0.29) is 22.7 Å². The number of imidazole rings is 1. The number of rotatable bonds is 5. The number of hydrogen-bond donors (Lipinski definition) is 3. The first kappa shape index (κ1) is 18.3. The van der Waals surface area contributed by atoms with Gasteiger partial charge in [-0.25, -0.2) is 14.8 Å². The van der Waals surface area contributed by atoms with Gasteiger partial charge in [0.15, 0.2) is 17.1 Å². The zero-order chi connectivity index (χ0) is 20.5. The van der Waals surface area contributed by atoms with E-state index < -0.39 is 5.97 Å². The number of carboxylic acids is 1. The largest absolute Gasteiger partial charge is 0.504 e. The van der Waals surface area contributed by atoms with Crippen LogP contribution in [0.2, 0.25) is 0 Å². The fourth-order valence-corrected chi connectivity index (χ4v) is 3.03. The quantitative estimate of drug-likeness (QED) is 0.475. The summed E-state index contributed by atoms with van der Waals surface area (Å²) in [6.07, 6.45) is 0. The maximum Gasteiger partial charge on any atom is 0.338 e. The third-order valence-corrected chi connectivity index (χ3v) is 4.53. The second-order valence-corrected chi connectivity index (χ2v) is 6.26. The number of methoxy groups -OCH3 is 2. The Balaban J connectivity index is 1.87. The van der Waals surface area contributed by atoms with Gasteiger partial charge in [0.2, 0.25) is 0 Å². The molecule has 3 N–H and O–H groups in total. The van der Waals surface area contributed by atoms with Crippen molar-refractivity contribution in [2.45, 2.75) is 0 Å². The van der Waals surface area contributed by atoms with Crippen LogP contribution in [0.1, 0.15) is 10.4 Å². The lowest BCUT2D eigenvalue weighted by molar-refractivity contribution is 0.0699. The van der Waals surface area contributed by atoms with Gasteiger partial charge in [0.1, 0.15) is 11.6 Å². The van der Waals surface area contributed by atoms with Crippen LogP contribution < -0.4 is 9.47 Å². The van der Waals surface area contributed by atoms with E-state index in [9.17, 15) is 15.0 Å². The molecule has 2 aromatic carbocycles. The summed E-state index contributed by atoms with van der Waals surface area (Å²) in [5.41, 5.74) is 2.42. The molecular formula is C21H17N3O5. The average Bonchev–Trinajstić information content (AvgIpc) is 3.17. The molecular weight excluding hydrogens is 374 g/mol. The number of carboxylic acid groups (broad SMARTS) is 1. The standard InChI is InChI=1S/C21H17N3O5/c1-28-13-6-3-11(4-7-13)19-23-18-14(21(26)27)10-15(22-20(18)24-19)12-5-8-16(25)17(9-12)29-2/h3-10,25H,1-2H3,(H,26,27)(H,22,23,24). The third kappa shape index (κ3) is 3.31. The first-order chi connectivity index (χ1) is 14.0. The van der Waals surface area contributed by atoms with Gasteiger partial charge >= 0.3 is 5.97 Å². The molecule has 8 nitrogen and oxygen atoms in total. The Morgan fingerprint density at radius 3 is 2.34 bits per heavy atom. The molecule has 146 valence electrons. The minimum atomic E-state index is -1.10. The molecule has 0 unspecified atom stereocenters. The van der Waals surface area contributed by atoms with E-state index in [1.807, 2.05) is 12.1 Å². The zero-order valence-corrected chi connectivity index (χ0v) is 15.6. The molecule has 0 radical (unpaired) electrons.